The number of nitrogens with two attached hydrogens (primary N) is 1. The van der Waals surface area contributed by atoms with Gasteiger partial charge in [0.25, 0.3) is 0 Å². The van der Waals surface area contributed by atoms with Gasteiger partial charge in [-0.15, -0.1) is 11.3 Å². The van der Waals surface area contributed by atoms with Gasteiger partial charge in [0.2, 0.25) is 0 Å². The molecule has 0 amide bonds. The monoisotopic (exact) mass is 254 g/mol. The molecular weight excluding hydrogens is 244 g/mol. The highest BCUT2D eigenvalue weighted by Crippen LogP contribution is 2.29. The minimum atomic E-state index is 0.952. The quantitative estimate of drug-likeness (QED) is 0.434. The molecule has 0 saturated carbocycles. The van der Waals surface area contributed by atoms with E-state index in [1.54, 1.807) is 23.7 Å². The van der Waals surface area contributed by atoms with Gasteiger partial charge in [-0.25, -0.2) is 4.98 Å². The van der Waals surface area contributed by atoms with E-state index in [9.17, 15) is 0 Å². The van der Waals surface area contributed by atoms with Gasteiger partial charge in [-0.1, -0.05) is 6.07 Å². The van der Waals surface area contributed by atoms with E-state index in [1.165, 1.54) is 0 Å². The molecule has 0 aliphatic carbocycles. The molecule has 0 fully saturated rings. The number of pyridine rings is 1. The highest BCUT2D eigenvalue weighted by atomic mass is 32.1. The van der Waals surface area contributed by atoms with Crippen molar-refractivity contribution in [3.8, 4) is 10.6 Å². The summed E-state index contributed by atoms with van der Waals surface area (Å²) in [6.07, 6.45) is 5.19. The van der Waals surface area contributed by atoms with Crippen LogP contribution in [0.4, 0.5) is 0 Å². The van der Waals surface area contributed by atoms with Crippen molar-refractivity contribution in [1.29, 1.82) is 0 Å². The third-order valence-corrected chi connectivity index (χ3v) is 3.63. The first-order chi connectivity index (χ1) is 8.86. The second-order valence-corrected chi connectivity index (χ2v) is 4.80. The summed E-state index contributed by atoms with van der Waals surface area (Å²) in [6, 6.07) is 9.90. The van der Waals surface area contributed by atoms with Crippen molar-refractivity contribution >= 4 is 27.8 Å². The van der Waals surface area contributed by atoms with Crippen molar-refractivity contribution in [2.45, 2.75) is 0 Å². The fraction of sp³-hybridized carbons (Fsp3) is 0. The van der Waals surface area contributed by atoms with Crippen LogP contribution in [0.5, 0.6) is 0 Å². The summed E-state index contributed by atoms with van der Waals surface area (Å²) in [5.74, 6) is 5.14. The number of nitrogens with zero attached hydrogens (tertiary/aromatic N) is 3. The Morgan fingerprint density at radius 3 is 3.00 bits per heavy atom. The average molecular weight is 254 g/mol. The molecule has 0 spiro atoms. The van der Waals surface area contributed by atoms with Crippen LogP contribution in [-0.2, 0) is 0 Å². The zero-order chi connectivity index (χ0) is 12.4. The first kappa shape index (κ1) is 10.9. The molecule has 0 aliphatic rings. The van der Waals surface area contributed by atoms with Crippen LogP contribution in [0, 0.1) is 0 Å². The summed E-state index contributed by atoms with van der Waals surface area (Å²) < 4.78 is 1.14. The van der Waals surface area contributed by atoms with Crippen LogP contribution in [0.3, 0.4) is 0 Å². The largest absolute Gasteiger partial charge is 0.323 e. The van der Waals surface area contributed by atoms with E-state index in [0.29, 0.717) is 0 Å². The lowest BCUT2D eigenvalue weighted by atomic mass is 10.2. The summed E-state index contributed by atoms with van der Waals surface area (Å²) in [7, 11) is 0. The van der Waals surface area contributed by atoms with Crippen molar-refractivity contribution < 1.29 is 0 Å². The van der Waals surface area contributed by atoms with Gasteiger partial charge in [-0.2, -0.15) is 5.10 Å². The molecule has 18 heavy (non-hydrogen) atoms. The number of rotatable bonds is 2. The van der Waals surface area contributed by atoms with Crippen LogP contribution in [-0.4, -0.2) is 16.2 Å². The molecule has 0 saturated heterocycles. The Bertz CT molecular complexity index is 703. The van der Waals surface area contributed by atoms with Crippen molar-refractivity contribution in [1.82, 2.24) is 9.97 Å². The summed E-state index contributed by atoms with van der Waals surface area (Å²) >= 11 is 1.65. The lowest BCUT2D eigenvalue weighted by Gasteiger charge is -1.91. The number of fused-ring (bicyclic) bond motifs is 1. The van der Waals surface area contributed by atoms with Crippen molar-refractivity contribution in [2.75, 3.05) is 0 Å². The molecule has 2 aromatic heterocycles. The van der Waals surface area contributed by atoms with Gasteiger partial charge < -0.3 is 5.84 Å². The normalized spacial score (nSPS) is 11.3. The van der Waals surface area contributed by atoms with E-state index in [2.05, 4.69) is 15.1 Å². The second-order valence-electron chi connectivity index (χ2n) is 3.77. The van der Waals surface area contributed by atoms with Gasteiger partial charge in [0.1, 0.15) is 5.01 Å². The Hall–Kier alpha value is -2.27. The summed E-state index contributed by atoms with van der Waals surface area (Å²) in [6.45, 7) is 0. The minimum Gasteiger partial charge on any atom is -0.323 e. The second kappa shape index (κ2) is 4.54. The molecule has 4 nitrogen and oxygen atoms in total. The molecular formula is C13H10N4S. The molecule has 0 radical (unpaired) electrons. The molecule has 3 aromatic rings. The summed E-state index contributed by atoms with van der Waals surface area (Å²) in [4.78, 5) is 8.71. The summed E-state index contributed by atoms with van der Waals surface area (Å²) in [5.41, 5.74) is 2.94. The molecule has 0 atom stereocenters. The van der Waals surface area contributed by atoms with E-state index in [1.807, 2.05) is 36.5 Å². The number of thiazole rings is 1. The van der Waals surface area contributed by atoms with Crippen LogP contribution in [0.25, 0.3) is 20.8 Å². The maximum absolute atomic E-state index is 5.14. The van der Waals surface area contributed by atoms with E-state index >= 15 is 0 Å². The van der Waals surface area contributed by atoms with E-state index < -0.39 is 0 Å². The van der Waals surface area contributed by atoms with Gasteiger partial charge in [-0.3, -0.25) is 4.98 Å². The lowest BCUT2D eigenvalue weighted by molar-refractivity contribution is 1.26. The lowest BCUT2D eigenvalue weighted by Crippen LogP contribution is -1.85. The Balaban J connectivity index is 2.11. The maximum Gasteiger partial charge on any atom is 0.126 e. The average Bonchev–Trinajstić information content (AvgIpc) is 2.83. The van der Waals surface area contributed by atoms with Crippen molar-refractivity contribution in [3.05, 3.63) is 48.3 Å². The minimum absolute atomic E-state index is 0.952. The molecule has 5 heteroatoms. The number of hydrogen-bond acceptors (Lipinski definition) is 5. The third-order valence-electron chi connectivity index (χ3n) is 2.54. The smallest absolute Gasteiger partial charge is 0.126 e. The maximum atomic E-state index is 5.14. The van der Waals surface area contributed by atoms with Crippen LogP contribution < -0.4 is 5.84 Å². The predicted octanol–water partition coefficient (Wildman–Crippen LogP) is 2.65. The molecule has 2 N–H and O–H groups in total. The zero-order valence-electron chi connectivity index (χ0n) is 9.45. The van der Waals surface area contributed by atoms with Gasteiger partial charge in [0.05, 0.1) is 16.4 Å². The molecule has 3 rings (SSSR count). The highest BCUT2D eigenvalue weighted by Gasteiger charge is 2.06. The Morgan fingerprint density at radius 2 is 2.22 bits per heavy atom. The summed E-state index contributed by atoms with van der Waals surface area (Å²) in [5, 5.41) is 4.49. The molecule has 0 bridgehead atoms. The first-order valence-corrected chi connectivity index (χ1v) is 6.23. The highest BCUT2D eigenvalue weighted by molar-refractivity contribution is 7.21. The zero-order valence-corrected chi connectivity index (χ0v) is 10.3. The predicted molar refractivity (Wildman–Crippen MR) is 74.6 cm³/mol. The van der Waals surface area contributed by atoms with Crippen LogP contribution >= 0.6 is 11.3 Å². The standard InChI is InChI=1S/C13H10N4S/c14-16-7-9-3-4-12-11(6-9)17-13(18-12)10-2-1-5-15-8-10/h1-8H,14H2. The molecule has 88 valence electrons. The number of aromatic nitrogens is 2. The number of hydrogen-bond donors (Lipinski definition) is 1. The third kappa shape index (κ3) is 1.96. The first-order valence-electron chi connectivity index (χ1n) is 5.41. The fourth-order valence-corrected chi connectivity index (χ4v) is 2.66. The van der Waals surface area contributed by atoms with Crippen molar-refractivity contribution in [3.63, 3.8) is 0 Å². The van der Waals surface area contributed by atoms with Crippen LogP contribution in [0.15, 0.2) is 47.8 Å². The van der Waals surface area contributed by atoms with Gasteiger partial charge >= 0.3 is 0 Å². The molecule has 2 heterocycles. The topological polar surface area (TPSA) is 64.2 Å². The van der Waals surface area contributed by atoms with Crippen molar-refractivity contribution in [2.24, 2.45) is 10.9 Å². The van der Waals surface area contributed by atoms with Gasteiger partial charge in [-0.05, 0) is 29.8 Å². The van der Waals surface area contributed by atoms with E-state index in [-0.39, 0.29) is 0 Å². The fourth-order valence-electron chi connectivity index (χ4n) is 1.72. The molecule has 1 aromatic carbocycles. The van der Waals surface area contributed by atoms with Gasteiger partial charge in [0.15, 0.2) is 0 Å². The Labute approximate surface area is 108 Å². The number of benzene rings is 1. The number of hydrazone groups is 1. The molecule has 0 unspecified atom stereocenters. The van der Waals surface area contributed by atoms with Crippen LogP contribution in [0.1, 0.15) is 5.56 Å². The Morgan fingerprint density at radius 1 is 1.28 bits per heavy atom. The van der Waals surface area contributed by atoms with Crippen LogP contribution in [0.2, 0.25) is 0 Å². The molecule has 0 aliphatic heterocycles. The SMILES string of the molecule is NN=Cc1ccc2sc(-c3cccnc3)nc2c1. The van der Waals surface area contributed by atoms with Gasteiger partial charge in [0, 0.05) is 18.0 Å². The Kier molecular flexibility index (Phi) is 2.74. The van der Waals surface area contributed by atoms with E-state index in [4.69, 9.17) is 5.84 Å². The van der Waals surface area contributed by atoms with E-state index in [0.717, 1.165) is 26.4 Å².